The third-order valence-corrected chi connectivity index (χ3v) is 2.67. The van der Waals surface area contributed by atoms with E-state index in [0.717, 1.165) is 32.0 Å². The molecule has 0 spiro atoms. The summed E-state index contributed by atoms with van der Waals surface area (Å²) in [4.78, 5) is 4.32. The van der Waals surface area contributed by atoms with Gasteiger partial charge in [-0.25, -0.2) is 4.98 Å². The monoisotopic (exact) mass is 223 g/mol. The molecule has 3 heteroatoms. The Morgan fingerprint density at radius 1 is 1.38 bits per heavy atom. The van der Waals surface area contributed by atoms with Gasteiger partial charge >= 0.3 is 0 Å². The van der Waals surface area contributed by atoms with Gasteiger partial charge in [0.15, 0.2) is 0 Å². The molecule has 0 fully saturated rings. The summed E-state index contributed by atoms with van der Waals surface area (Å²) in [5.41, 5.74) is 0. The van der Waals surface area contributed by atoms with E-state index in [1.165, 1.54) is 18.7 Å². The summed E-state index contributed by atoms with van der Waals surface area (Å²) in [7, 11) is 0. The second-order valence-corrected chi connectivity index (χ2v) is 4.70. The first-order chi connectivity index (χ1) is 7.74. The molecule has 0 atom stereocenters. The van der Waals surface area contributed by atoms with E-state index in [0.29, 0.717) is 0 Å². The largest absolute Gasteiger partial charge is 0.335 e. The fraction of sp³-hybridized carbons (Fsp3) is 0.769. The molecule has 0 aliphatic carbocycles. The summed E-state index contributed by atoms with van der Waals surface area (Å²) in [6.07, 6.45) is 7.48. The van der Waals surface area contributed by atoms with Crippen LogP contribution >= 0.6 is 0 Å². The second-order valence-electron chi connectivity index (χ2n) is 4.70. The molecule has 16 heavy (non-hydrogen) atoms. The maximum atomic E-state index is 4.32. The van der Waals surface area contributed by atoms with Crippen molar-refractivity contribution >= 4 is 0 Å². The van der Waals surface area contributed by atoms with Gasteiger partial charge in [0.2, 0.25) is 0 Å². The molecule has 0 aliphatic rings. The number of hydrogen-bond acceptors (Lipinski definition) is 2. The second kappa shape index (κ2) is 7.44. The highest BCUT2D eigenvalue weighted by molar-refractivity contribution is 4.91. The van der Waals surface area contributed by atoms with Gasteiger partial charge in [0.25, 0.3) is 0 Å². The molecule has 0 aromatic carbocycles. The van der Waals surface area contributed by atoms with Gasteiger partial charge in [-0.1, -0.05) is 20.8 Å². The van der Waals surface area contributed by atoms with Crippen LogP contribution in [0.3, 0.4) is 0 Å². The third-order valence-electron chi connectivity index (χ3n) is 2.67. The Hall–Kier alpha value is -0.830. The Labute approximate surface area is 99.3 Å². The first-order valence-corrected chi connectivity index (χ1v) is 6.44. The number of nitrogens with one attached hydrogen (secondary N) is 1. The molecule has 0 saturated carbocycles. The number of unbranched alkanes of at least 4 members (excludes halogenated alkanes) is 1. The van der Waals surface area contributed by atoms with Gasteiger partial charge in [0.1, 0.15) is 5.82 Å². The summed E-state index contributed by atoms with van der Waals surface area (Å²) in [6, 6.07) is 0. The minimum atomic E-state index is 0.750. The van der Waals surface area contributed by atoms with Crippen LogP contribution in [-0.4, -0.2) is 22.6 Å². The van der Waals surface area contributed by atoms with Crippen molar-refractivity contribution in [2.75, 3.05) is 13.1 Å². The number of nitrogens with zero attached hydrogens (tertiary/aromatic N) is 2. The quantitative estimate of drug-likeness (QED) is 0.686. The number of rotatable bonds is 8. The Bertz CT molecular complexity index is 278. The van der Waals surface area contributed by atoms with Crippen LogP contribution in [0.2, 0.25) is 0 Å². The minimum absolute atomic E-state index is 0.750. The predicted molar refractivity (Wildman–Crippen MR) is 68.5 cm³/mol. The van der Waals surface area contributed by atoms with Gasteiger partial charge in [-0.15, -0.1) is 0 Å². The summed E-state index contributed by atoms with van der Waals surface area (Å²) in [6.45, 7) is 10.0. The zero-order valence-corrected chi connectivity index (χ0v) is 10.9. The molecule has 3 nitrogen and oxygen atoms in total. The molecule has 0 aliphatic heterocycles. The third kappa shape index (κ3) is 4.79. The van der Waals surface area contributed by atoms with E-state index in [1.54, 1.807) is 0 Å². The highest BCUT2D eigenvalue weighted by Gasteiger charge is 1.99. The van der Waals surface area contributed by atoms with Crippen molar-refractivity contribution in [2.45, 2.75) is 46.6 Å². The maximum Gasteiger partial charge on any atom is 0.108 e. The van der Waals surface area contributed by atoms with Crippen LogP contribution in [0.5, 0.6) is 0 Å². The maximum absolute atomic E-state index is 4.32. The van der Waals surface area contributed by atoms with Gasteiger partial charge in [0, 0.05) is 25.4 Å². The van der Waals surface area contributed by atoms with Crippen LogP contribution in [0.15, 0.2) is 12.4 Å². The molecule has 0 amide bonds. The lowest BCUT2D eigenvalue weighted by Crippen LogP contribution is -2.21. The average molecular weight is 223 g/mol. The summed E-state index contributed by atoms with van der Waals surface area (Å²) < 4.78 is 2.27. The summed E-state index contributed by atoms with van der Waals surface area (Å²) in [5, 5.41) is 3.47. The summed E-state index contributed by atoms with van der Waals surface area (Å²) in [5.74, 6) is 1.95. The van der Waals surface area contributed by atoms with Gasteiger partial charge < -0.3 is 9.88 Å². The first kappa shape index (κ1) is 13.2. The number of imidazole rings is 1. The van der Waals surface area contributed by atoms with E-state index in [4.69, 9.17) is 0 Å². The van der Waals surface area contributed by atoms with E-state index < -0.39 is 0 Å². The Morgan fingerprint density at radius 2 is 2.19 bits per heavy atom. The Morgan fingerprint density at radius 3 is 2.88 bits per heavy atom. The average Bonchev–Trinajstić information content (AvgIpc) is 2.70. The molecule has 0 radical (unpaired) electrons. The Balaban J connectivity index is 2.07. The first-order valence-electron chi connectivity index (χ1n) is 6.44. The molecule has 1 rings (SSSR count). The number of aryl methyl sites for hydroxylation is 2. The predicted octanol–water partition coefficient (Wildman–Crippen LogP) is 2.47. The highest BCUT2D eigenvalue weighted by Crippen LogP contribution is 2.01. The normalized spacial score (nSPS) is 11.2. The zero-order chi connectivity index (χ0) is 11.8. The van der Waals surface area contributed by atoms with Crippen LogP contribution in [-0.2, 0) is 13.0 Å². The molecular weight excluding hydrogens is 198 g/mol. The molecule has 0 saturated heterocycles. The zero-order valence-electron chi connectivity index (χ0n) is 10.9. The van der Waals surface area contributed by atoms with Crippen LogP contribution in [0.4, 0.5) is 0 Å². The van der Waals surface area contributed by atoms with Gasteiger partial charge in [0.05, 0.1) is 0 Å². The molecule has 1 heterocycles. The van der Waals surface area contributed by atoms with Crippen LogP contribution in [0.1, 0.15) is 39.4 Å². The molecule has 0 bridgehead atoms. The molecule has 0 unspecified atom stereocenters. The standard InChI is InChI=1S/C13H25N3/c1-4-13-15-8-10-16(13)9-6-5-7-14-11-12(2)3/h8,10,12,14H,4-7,9,11H2,1-3H3. The lowest BCUT2D eigenvalue weighted by atomic mass is 10.2. The topological polar surface area (TPSA) is 29.9 Å². The minimum Gasteiger partial charge on any atom is -0.335 e. The van der Waals surface area contributed by atoms with Crippen molar-refractivity contribution in [1.29, 1.82) is 0 Å². The fourth-order valence-electron chi connectivity index (χ4n) is 1.78. The smallest absolute Gasteiger partial charge is 0.108 e. The van der Waals surface area contributed by atoms with Gasteiger partial charge in [-0.2, -0.15) is 0 Å². The van der Waals surface area contributed by atoms with E-state index in [2.05, 4.69) is 41.8 Å². The lowest BCUT2D eigenvalue weighted by Gasteiger charge is -2.08. The highest BCUT2D eigenvalue weighted by atomic mass is 15.1. The number of aromatic nitrogens is 2. The summed E-state index contributed by atoms with van der Waals surface area (Å²) >= 11 is 0. The van der Waals surface area contributed by atoms with Gasteiger partial charge in [-0.3, -0.25) is 0 Å². The van der Waals surface area contributed by atoms with E-state index >= 15 is 0 Å². The van der Waals surface area contributed by atoms with E-state index in [9.17, 15) is 0 Å². The van der Waals surface area contributed by atoms with E-state index in [-0.39, 0.29) is 0 Å². The van der Waals surface area contributed by atoms with Crippen molar-refractivity contribution in [1.82, 2.24) is 14.9 Å². The van der Waals surface area contributed by atoms with Crippen molar-refractivity contribution in [3.63, 3.8) is 0 Å². The van der Waals surface area contributed by atoms with Crippen LogP contribution < -0.4 is 5.32 Å². The van der Waals surface area contributed by atoms with Crippen LogP contribution in [0.25, 0.3) is 0 Å². The van der Waals surface area contributed by atoms with Crippen molar-refractivity contribution in [3.05, 3.63) is 18.2 Å². The molecular formula is C13H25N3. The SMILES string of the molecule is CCc1nccn1CCCCNCC(C)C. The molecule has 1 aromatic rings. The van der Waals surface area contributed by atoms with Crippen LogP contribution in [0, 0.1) is 5.92 Å². The molecule has 92 valence electrons. The molecule has 1 aromatic heterocycles. The van der Waals surface area contributed by atoms with Crippen molar-refractivity contribution < 1.29 is 0 Å². The van der Waals surface area contributed by atoms with Crippen molar-refractivity contribution in [3.8, 4) is 0 Å². The van der Waals surface area contributed by atoms with Gasteiger partial charge in [-0.05, 0) is 31.8 Å². The lowest BCUT2D eigenvalue weighted by molar-refractivity contribution is 0.515. The molecule has 1 N–H and O–H groups in total. The van der Waals surface area contributed by atoms with E-state index in [1.807, 2.05) is 6.20 Å². The van der Waals surface area contributed by atoms with Crippen molar-refractivity contribution in [2.24, 2.45) is 5.92 Å². The fourth-order valence-corrected chi connectivity index (χ4v) is 1.78. The Kier molecular flexibility index (Phi) is 6.16. The number of hydrogen-bond donors (Lipinski definition) is 1.